The van der Waals surface area contributed by atoms with Gasteiger partial charge in [0.05, 0.1) is 21.8 Å². The molecule has 4 nitrogen and oxygen atoms in total. The third-order valence-corrected chi connectivity index (χ3v) is 6.80. The van der Waals surface area contributed by atoms with E-state index in [0.717, 1.165) is 55.8 Å². The number of aromatic nitrogens is 1. The van der Waals surface area contributed by atoms with Gasteiger partial charge in [-0.15, -0.1) is 11.3 Å². The van der Waals surface area contributed by atoms with Crippen molar-refractivity contribution in [3.8, 4) is 5.75 Å². The number of benzene rings is 2. The van der Waals surface area contributed by atoms with Crippen molar-refractivity contribution in [2.24, 2.45) is 0 Å². The van der Waals surface area contributed by atoms with Gasteiger partial charge in [-0.3, -0.25) is 4.79 Å². The molecule has 5 rings (SSSR count). The Morgan fingerprint density at radius 1 is 1.18 bits per heavy atom. The minimum Gasteiger partial charge on any atom is -0.493 e. The summed E-state index contributed by atoms with van der Waals surface area (Å²) in [7, 11) is 0. The highest BCUT2D eigenvalue weighted by Gasteiger charge is 2.25. The van der Waals surface area contributed by atoms with Crippen LogP contribution in [0, 0.1) is 0 Å². The molecule has 1 aromatic heterocycles. The standard InChI is InChI=1S/C23H22N2O2S/c26-22(8-6-16-5-7-20-18(15-16)11-14-27-20)25-12-9-17(10-13-25)23-24-19-3-1-2-4-21(19)28-23/h1-8,15,17H,9-14H2/b8-6+. The van der Waals surface area contributed by atoms with Gasteiger partial charge in [0.25, 0.3) is 0 Å². The van der Waals surface area contributed by atoms with Gasteiger partial charge in [0.1, 0.15) is 5.75 Å². The van der Waals surface area contributed by atoms with Crippen molar-refractivity contribution in [2.45, 2.75) is 25.2 Å². The Bertz CT molecular complexity index is 1010. The molecule has 0 spiro atoms. The lowest BCUT2D eigenvalue weighted by atomic mass is 9.97. The summed E-state index contributed by atoms with van der Waals surface area (Å²) in [6, 6.07) is 14.4. The number of ether oxygens (including phenoxy) is 1. The van der Waals surface area contributed by atoms with Crippen molar-refractivity contribution in [1.29, 1.82) is 0 Å². The maximum absolute atomic E-state index is 12.6. The van der Waals surface area contributed by atoms with Crippen LogP contribution in [-0.4, -0.2) is 35.5 Å². The number of carbonyl (C=O) groups excluding carboxylic acids is 1. The number of nitrogens with zero attached hydrogens (tertiary/aromatic N) is 2. The van der Waals surface area contributed by atoms with Gasteiger partial charge in [-0.1, -0.05) is 18.2 Å². The van der Waals surface area contributed by atoms with Gasteiger partial charge in [0.2, 0.25) is 5.91 Å². The number of likely N-dealkylation sites (tertiary alicyclic amines) is 1. The molecule has 0 radical (unpaired) electrons. The van der Waals surface area contributed by atoms with Gasteiger partial charge in [-0.05, 0) is 54.3 Å². The quantitative estimate of drug-likeness (QED) is 0.611. The van der Waals surface area contributed by atoms with Gasteiger partial charge in [0.15, 0.2) is 0 Å². The zero-order chi connectivity index (χ0) is 18.9. The molecule has 3 aromatic rings. The summed E-state index contributed by atoms with van der Waals surface area (Å²) in [6.45, 7) is 2.34. The van der Waals surface area contributed by atoms with Gasteiger partial charge in [0, 0.05) is 31.5 Å². The monoisotopic (exact) mass is 390 g/mol. The van der Waals surface area contributed by atoms with Gasteiger partial charge < -0.3 is 9.64 Å². The lowest BCUT2D eigenvalue weighted by Crippen LogP contribution is -2.36. The van der Waals surface area contributed by atoms with E-state index in [4.69, 9.17) is 9.72 Å². The SMILES string of the molecule is O=C(/C=C/c1ccc2c(c1)CCO2)N1CCC(c2nc3ccccc3s2)CC1. The summed E-state index contributed by atoms with van der Waals surface area (Å²) in [5.74, 6) is 1.53. The topological polar surface area (TPSA) is 42.4 Å². The van der Waals surface area contributed by atoms with Crippen LogP contribution in [-0.2, 0) is 11.2 Å². The molecule has 2 aromatic carbocycles. The van der Waals surface area contributed by atoms with E-state index in [9.17, 15) is 4.79 Å². The summed E-state index contributed by atoms with van der Waals surface area (Å²) in [4.78, 5) is 19.3. The summed E-state index contributed by atoms with van der Waals surface area (Å²) < 4.78 is 6.79. The molecular weight excluding hydrogens is 368 g/mol. The second-order valence-electron chi connectivity index (χ2n) is 7.42. The highest BCUT2D eigenvalue weighted by atomic mass is 32.1. The average Bonchev–Trinajstić information content (AvgIpc) is 3.38. The number of carbonyl (C=O) groups is 1. The first-order chi connectivity index (χ1) is 13.8. The van der Waals surface area contributed by atoms with Crippen LogP contribution < -0.4 is 4.74 Å². The van der Waals surface area contributed by atoms with Crippen LogP contribution >= 0.6 is 11.3 Å². The molecule has 2 aliphatic heterocycles. The van der Waals surface area contributed by atoms with Crippen LogP contribution in [0.5, 0.6) is 5.75 Å². The molecule has 0 saturated carbocycles. The van der Waals surface area contributed by atoms with Crippen LogP contribution in [0.1, 0.15) is 34.9 Å². The maximum atomic E-state index is 12.6. The summed E-state index contributed by atoms with van der Waals surface area (Å²) in [5.41, 5.74) is 3.37. The molecule has 1 fully saturated rings. The molecule has 3 heterocycles. The average molecular weight is 391 g/mol. The van der Waals surface area contributed by atoms with Crippen molar-refractivity contribution < 1.29 is 9.53 Å². The maximum Gasteiger partial charge on any atom is 0.246 e. The number of hydrogen-bond acceptors (Lipinski definition) is 4. The van der Waals surface area contributed by atoms with Crippen molar-refractivity contribution >= 4 is 33.5 Å². The fraction of sp³-hybridized carbons (Fsp3) is 0.304. The van der Waals surface area contributed by atoms with E-state index in [2.05, 4.69) is 24.3 Å². The van der Waals surface area contributed by atoms with Crippen molar-refractivity contribution in [3.63, 3.8) is 0 Å². The fourth-order valence-electron chi connectivity index (χ4n) is 3.99. The molecule has 0 unspecified atom stereocenters. The molecule has 0 bridgehead atoms. The number of para-hydroxylation sites is 1. The first-order valence-corrected chi connectivity index (χ1v) is 10.7. The number of rotatable bonds is 3. The van der Waals surface area contributed by atoms with Gasteiger partial charge in [-0.25, -0.2) is 4.98 Å². The molecular formula is C23H22N2O2S. The number of fused-ring (bicyclic) bond motifs is 2. The third-order valence-electron chi connectivity index (χ3n) is 5.60. The number of amides is 1. The predicted octanol–water partition coefficient (Wildman–Crippen LogP) is 4.65. The van der Waals surface area contributed by atoms with Gasteiger partial charge >= 0.3 is 0 Å². The normalized spacial score (nSPS) is 17.2. The largest absolute Gasteiger partial charge is 0.493 e. The Balaban J connectivity index is 1.21. The van der Waals surface area contributed by atoms with E-state index >= 15 is 0 Å². The molecule has 1 amide bonds. The van der Waals surface area contributed by atoms with Crippen molar-refractivity contribution in [2.75, 3.05) is 19.7 Å². The Morgan fingerprint density at radius 2 is 2.04 bits per heavy atom. The van der Waals surface area contributed by atoms with Crippen molar-refractivity contribution in [1.82, 2.24) is 9.88 Å². The Morgan fingerprint density at radius 3 is 2.89 bits per heavy atom. The fourth-order valence-corrected chi connectivity index (χ4v) is 5.13. The Hall–Kier alpha value is -2.66. The Labute approximate surface area is 168 Å². The summed E-state index contributed by atoms with van der Waals surface area (Å²) >= 11 is 1.79. The summed E-state index contributed by atoms with van der Waals surface area (Å²) in [6.07, 6.45) is 6.53. The lowest BCUT2D eigenvalue weighted by molar-refractivity contribution is -0.126. The Kier molecular flexibility index (Phi) is 4.61. The molecule has 28 heavy (non-hydrogen) atoms. The van der Waals surface area contributed by atoms with Crippen LogP contribution in [0.3, 0.4) is 0 Å². The van der Waals surface area contributed by atoms with Crippen molar-refractivity contribution in [3.05, 3.63) is 64.7 Å². The zero-order valence-electron chi connectivity index (χ0n) is 15.6. The second-order valence-corrected chi connectivity index (χ2v) is 8.48. The minimum absolute atomic E-state index is 0.0968. The highest BCUT2D eigenvalue weighted by molar-refractivity contribution is 7.18. The predicted molar refractivity (Wildman–Crippen MR) is 113 cm³/mol. The van der Waals surface area contributed by atoms with E-state index in [1.54, 1.807) is 17.4 Å². The highest BCUT2D eigenvalue weighted by Crippen LogP contribution is 2.34. The van der Waals surface area contributed by atoms with Gasteiger partial charge in [-0.2, -0.15) is 0 Å². The molecule has 0 atom stereocenters. The van der Waals surface area contributed by atoms with Crippen LogP contribution in [0.15, 0.2) is 48.5 Å². The third kappa shape index (κ3) is 3.42. The zero-order valence-corrected chi connectivity index (χ0v) is 16.5. The van der Waals surface area contributed by atoms with E-state index in [1.165, 1.54) is 15.3 Å². The molecule has 0 aliphatic carbocycles. The molecule has 5 heteroatoms. The first-order valence-electron chi connectivity index (χ1n) is 9.84. The molecule has 0 N–H and O–H groups in total. The van der Waals surface area contributed by atoms with Crippen LogP contribution in [0.2, 0.25) is 0 Å². The molecule has 1 saturated heterocycles. The second kappa shape index (κ2) is 7.40. The van der Waals surface area contributed by atoms with E-state index in [1.807, 2.05) is 29.2 Å². The van der Waals surface area contributed by atoms with Crippen LogP contribution in [0.4, 0.5) is 0 Å². The smallest absolute Gasteiger partial charge is 0.246 e. The first kappa shape index (κ1) is 17.4. The van der Waals surface area contributed by atoms with E-state index in [0.29, 0.717) is 5.92 Å². The number of thiazole rings is 1. The molecule has 142 valence electrons. The van der Waals surface area contributed by atoms with E-state index < -0.39 is 0 Å². The molecule has 2 aliphatic rings. The van der Waals surface area contributed by atoms with E-state index in [-0.39, 0.29) is 5.91 Å². The van der Waals surface area contributed by atoms with Crippen LogP contribution in [0.25, 0.3) is 16.3 Å². The lowest BCUT2D eigenvalue weighted by Gasteiger charge is -2.30. The summed E-state index contributed by atoms with van der Waals surface area (Å²) in [5, 5.41) is 1.21. The minimum atomic E-state index is 0.0968. The number of hydrogen-bond donors (Lipinski definition) is 0. The number of piperidine rings is 1.